The smallest absolute Gasteiger partial charge is 0.268 e. The Morgan fingerprint density at radius 3 is 2.63 bits per heavy atom. The SMILES string of the molecule is CCCn1cc(N)cc1C(=O)NCC(C)(C)C(C)C. The average Bonchev–Trinajstić information content (AvgIpc) is 2.68. The largest absolute Gasteiger partial charge is 0.397 e. The molecule has 0 radical (unpaired) electrons. The summed E-state index contributed by atoms with van der Waals surface area (Å²) in [5, 5.41) is 3.02. The van der Waals surface area contributed by atoms with Crippen molar-refractivity contribution < 1.29 is 4.79 Å². The lowest BCUT2D eigenvalue weighted by molar-refractivity contribution is 0.0915. The molecule has 0 aliphatic rings. The van der Waals surface area contributed by atoms with E-state index in [1.165, 1.54) is 0 Å². The molecule has 0 fully saturated rings. The van der Waals surface area contributed by atoms with Crippen LogP contribution in [-0.4, -0.2) is 17.0 Å². The van der Waals surface area contributed by atoms with Crippen LogP contribution in [0.25, 0.3) is 0 Å². The maximum absolute atomic E-state index is 12.2. The molecule has 1 rings (SSSR count). The quantitative estimate of drug-likeness (QED) is 0.831. The van der Waals surface area contributed by atoms with Crippen molar-refractivity contribution in [3.8, 4) is 0 Å². The first kappa shape index (κ1) is 15.6. The van der Waals surface area contributed by atoms with Crippen LogP contribution in [0.2, 0.25) is 0 Å². The number of nitrogens with zero attached hydrogens (tertiary/aromatic N) is 1. The predicted octanol–water partition coefficient (Wildman–Crippen LogP) is 2.89. The highest BCUT2D eigenvalue weighted by Gasteiger charge is 2.23. The number of aromatic nitrogens is 1. The molecule has 1 amide bonds. The Hall–Kier alpha value is -1.45. The zero-order valence-electron chi connectivity index (χ0n) is 12.8. The summed E-state index contributed by atoms with van der Waals surface area (Å²) < 4.78 is 1.92. The van der Waals surface area contributed by atoms with E-state index in [0.717, 1.165) is 13.0 Å². The summed E-state index contributed by atoms with van der Waals surface area (Å²) in [5.74, 6) is 0.471. The molecule has 0 spiro atoms. The normalized spacial score (nSPS) is 11.9. The molecule has 1 aromatic rings. The molecule has 0 saturated carbocycles. The van der Waals surface area contributed by atoms with Gasteiger partial charge in [-0.15, -0.1) is 0 Å². The summed E-state index contributed by atoms with van der Waals surface area (Å²) in [4.78, 5) is 12.2. The number of nitrogen functional groups attached to an aromatic ring is 1. The molecule has 1 aromatic heterocycles. The fourth-order valence-electron chi connectivity index (χ4n) is 1.75. The van der Waals surface area contributed by atoms with Gasteiger partial charge in [0.25, 0.3) is 5.91 Å². The fraction of sp³-hybridized carbons (Fsp3) is 0.667. The van der Waals surface area contributed by atoms with E-state index in [0.29, 0.717) is 23.8 Å². The number of hydrogen-bond acceptors (Lipinski definition) is 2. The third-order valence-electron chi connectivity index (χ3n) is 3.88. The highest BCUT2D eigenvalue weighted by Crippen LogP contribution is 2.24. The second-order valence-corrected chi connectivity index (χ2v) is 6.18. The van der Waals surface area contributed by atoms with Crippen LogP contribution < -0.4 is 11.1 Å². The Bertz CT molecular complexity index is 433. The molecule has 1 heterocycles. The van der Waals surface area contributed by atoms with Crippen molar-refractivity contribution in [2.75, 3.05) is 12.3 Å². The molecule has 108 valence electrons. The summed E-state index contributed by atoms with van der Waals surface area (Å²) in [7, 11) is 0. The van der Waals surface area contributed by atoms with Crippen molar-refractivity contribution in [1.29, 1.82) is 0 Å². The van der Waals surface area contributed by atoms with E-state index < -0.39 is 0 Å². The fourth-order valence-corrected chi connectivity index (χ4v) is 1.75. The van der Waals surface area contributed by atoms with E-state index in [2.05, 4.69) is 39.9 Å². The van der Waals surface area contributed by atoms with Crippen molar-refractivity contribution >= 4 is 11.6 Å². The summed E-state index contributed by atoms with van der Waals surface area (Å²) in [6, 6.07) is 1.74. The van der Waals surface area contributed by atoms with Crippen molar-refractivity contribution in [2.45, 2.75) is 47.6 Å². The molecule has 19 heavy (non-hydrogen) atoms. The van der Waals surface area contributed by atoms with Crippen molar-refractivity contribution in [3.05, 3.63) is 18.0 Å². The van der Waals surface area contributed by atoms with E-state index in [-0.39, 0.29) is 11.3 Å². The highest BCUT2D eigenvalue weighted by molar-refractivity contribution is 5.93. The highest BCUT2D eigenvalue weighted by atomic mass is 16.1. The number of anilines is 1. The number of carbonyl (C=O) groups excluding carboxylic acids is 1. The first-order valence-electron chi connectivity index (χ1n) is 7.01. The maximum atomic E-state index is 12.2. The Labute approximate surface area is 116 Å². The number of carbonyl (C=O) groups is 1. The molecular weight excluding hydrogens is 238 g/mol. The van der Waals surface area contributed by atoms with Crippen molar-refractivity contribution in [2.24, 2.45) is 11.3 Å². The van der Waals surface area contributed by atoms with Gasteiger partial charge < -0.3 is 15.6 Å². The molecule has 0 atom stereocenters. The summed E-state index contributed by atoms with van der Waals surface area (Å²) >= 11 is 0. The zero-order chi connectivity index (χ0) is 14.6. The minimum atomic E-state index is -0.0427. The van der Waals surface area contributed by atoms with Gasteiger partial charge in [-0.1, -0.05) is 34.6 Å². The molecule has 4 nitrogen and oxygen atoms in total. The van der Waals surface area contributed by atoms with Gasteiger partial charge in [-0.05, 0) is 23.8 Å². The van der Waals surface area contributed by atoms with Crippen LogP contribution in [0.15, 0.2) is 12.3 Å². The second-order valence-electron chi connectivity index (χ2n) is 6.18. The molecule has 0 unspecified atom stereocenters. The minimum Gasteiger partial charge on any atom is -0.397 e. The molecule has 0 aliphatic heterocycles. The molecule has 0 saturated heterocycles. The van der Waals surface area contributed by atoms with E-state index in [9.17, 15) is 4.79 Å². The zero-order valence-corrected chi connectivity index (χ0v) is 12.8. The Kier molecular flexibility index (Phi) is 5.04. The first-order valence-corrected chi connectivity index (χ1v) is 7.01. The summed E-state index contributed by atoms with van der Waals surface area (Å²) in [6.45, 7) is 12.2. The van der Waals surface area contributed by atoms with Gasteiger partial charge in [-0.2, -0.15) is 0 Å². The lowest BCUT2D eigenvalue weighted by atomic mass is 9.81. The standard InChI is InChI=1S/C15H27N3O/c1-6-7-18-9-12(16)8-13(18)14(19)17-10-15(4,5)11(2)3/h8-9,11H,6-7,10,16H2,1-5H3,(H,17,19). The van der Waals surface area contributed by atoms with Gasteiger partial charge in [-0.3, -0.25) is 4.79 Å². The van der Waals surface area contributed by atoms with Gasteiger partial charge in [0.05, 0.1) is 5.69 Å². The molecule has 0 aromatic carbocycles. The monoisotopic (exact) mass is 265 g/mol. The van der Waals surface area contributed by atoms with Crippen LogP contribution in [0.4, 0.5) is 5.69 Å². The van der Waals surface area contributed by atoms with E-state index in [1.807, 2.05) is 10.8 Å². The van der Waals surface area contributed by atoms with Crippen molar-refractivity contribution in [1.82, 2.24) is 9.88 Å². The Morgan fingerprint density at radius 2 is 2.11 bits per heavy atom. The van der Waals surface area contributed by atoms with Gasteiger partial charge in [0.2, 0.25) is 0 Å². The van der Waals surface area contributed by atoms with Crippen LogP contribution >= 0.6 is 0 Å². The minimum absolute atomic E-state index is 0.0427. The molecule has 4 heteroatoms. The molecule has 3 N–H and O–H groups in total. The molecule has 0 aliphatic carbocycles. The number of nitrogens with two attached hydrogens (primary N) is 1. The number of nitrogens with one attached hydrogen (secondary N) is 1. The Morgan fingerprint density at radius 1 is 1.47 bits per heavy atom. The van der Waals surface area contributed by atoms with E-state index >= 15 is 0 Å². The van der Waals surface area contributed by atoms with Gasteiger partial charge in [0.1, 0.15) is 5.69 Å². The molecular formula is C15H27N3O. The van der Waals surface area contributed by atoms with Crippen LogP contribution in [0, 0.1) is 11.3 Å². The van der Waals surface area contributed by atoms with Crippen molar-refractivity contribution in [3.63, 3.8) is 0 Å². The van der Waals surface area contributed by atoms with Crippen LogP contribution in [0.5, 0.6) is 0 Å². The third kappa shape index (κ3) is 4.01. The predicted molar refractivity (Wildman–Crippen MR) is 80.1 cm³/mol. The molecule has 0 bridgehead atoms. The van der Waals surface area contributed by atoms with Crippen LogP contribution in [0.1, 0.15) is 51.5 Å². The van der Waals surface area contributed by atoms with Gasteiger partial charge in [0, 0.05) is 19.3 Å². The average molecular weight is 265 g/mol. The van der Waals surface area contributed by atoms with E-state index in [4.69, 9.17) is 5.73 Å². The maximum Gasteiger partial charge on any atom is 0.268 e. The lowest BCUT2D eigenvalue weighted by Gasteiger charge is -2.29. The number of hydrogen-bond donors (Lipinski definition) is 2. The topological polar surface area (TPSA) is 60.0 Å². The van der Waals surface area contributed by atoms with Gasteiger partial charge in [0.15, 0.2) is 0 Å². The lowest BCUT2D eigenvalue weighted by Crippen LogP contribution is -2.37. The summed E-state index contributed by atoms with van der Waals surface area (Å²) in [5.41, 5.74) is 7.16. The van der Waals surface area contributed by atoms with Crippen LogP contribution in [-0.2, 0) is 6.54 Å². The Balaban J connectivity index is 2.73. The number of aryl methyl sites for hydroxylation is 1. The second kappa shape index (κ2) is 6.13. The van der Waals surface area contributed by atoms with E-state index in [1.54, 1.807) is 6.07 Å². The first-order chi connectivity index (χ1) is 8.77. The van der Waals surface area contributed by atoms with Crippen LogP contribution in [0.3, 0.4) is 0 Å². The number of amides is 1. The summed E-state index contributed by atoms with van der Waals surface area (Å²) in [6.07, 6.45) is 2.80. The van der Waals surface area contributed by atoms with Gasteiger partial charge >= 0.3 is 0 Å². The third-order valence-corrected chi connectivity index (χ3v) is 3.88. The van der Waals surface area contributed by atoms with Gasteiger partial charge in [-0.25, -0.2) is 0 Å². The number of rotatable bonds is 6.